The van der Waals surface area contributed by atoms with E-state index in [1.54, 1.807) is 38.5 Å². The van der Waals surface area contributed by atoms with Crippen LogP contribution in [0.1, 0.15) is 12.0 Å². The summed E-state index contributed by atoms with van der Waals surface area (Å²) in [5.41, 5.74) is 2.77. The molecule has 2 amide bonds. The van der Waals surface area contributed by atoms with Gasteiger partial charge in [-0.2, -0.15) is 0 Å². The summed E-state index contributed by atoms with van der Waals surface area (Å²) in [6.07, 6.45) is 2.98. The molecule has 0 saturated carbocycles. The molecule has 2 aromatic carbocycles. The minimum absolute atomic E-state index is 0.177. The highest BCUT2D eigenvalue weighted by Crippen LogP contribution is 2.26. The molecule has 0 aliphatic carbocycles. The first kappa shape index (κ1) is 19.0. The lowest BCUT2D eigenvalue weighted by atomic mass is 10.1. The van der Waals surface area contributed by atoms with E-state index in [0.29, 0.717) is 18.0 Å². The maximum atomic E-state index is 12.8. The van der Waals surface area contributed by atoms with Gasteiger partial charge in [0, 0.05) is 29.6 Å². The van der Waals surface area contributed by atoms with Crippen molar-refractivity contribution in [3.8, 4) is 11.5 Å². The summed E-state index contributed by atoms with van der Waals surface area (Å²) < 4.78 is 10.5. The van der Waals surface area contributed by atoms with E-state index < -0.39 is 6.04 Å². The predicted octanol–water partition coefficient (Wildman–Crippen LogP) is 1.62. The number of hydrogen-bond donors (Lipinski definition) is 2. The van der Waals surface area contributed by atoms with Crippen molar-refractivity contribution in [3.05, 3.63) is 54.2 Å². The van der Waals surface area contributed by atoms with Gasteiger partial charge in [0.05, 0.1) is 32.9 Å². The largest absolute Gasteiger partial charge is 0.497 e. The number of ether oxygens (including phenoxy) is 2. The minimum atomic E-state index is -0.395. The maximum absolute atomic E-state index is 12.8. The van der Waals surface area contributed by atoms with Crippen LogP contribution in [0.5, 0.6) is 11.5 Å². The summed E-state index contributed by atoms with van der Waals surface area (Å²) >= 11 is 0. The lowest BCUT2D eigenvalue weighted by molar-refractivity contribution is -0.674. The zero-order valence-corrected chi connectivity index (χ0v) is 16.5. The number of fused-ring (bicyclic) bond motifs is 1. The number of H-pyrrole nitrogens is 1. The molecule has 1 aliphatic rings. The summed E-state index contributed by atoms with van der Waals surface area (Å²) in [5, 5.41) is 3.07. The number of nitrogens with two attached hydrogens (primary N) is 1. The highest BCUT2D eigenvalue weighted by Gasteiger charge is 2.42. The second-order valence-electron chi connectivity index (χ2n) is 7.08. The van der Waals surface area contributed by atoms with Gasteiger partial charge < -0.3 is 19.8 Å². The molecule has 0 radical (unpaired) electrons. The van der Waals surface area contributed by atoms with Crippen molar-refractivity contribution in [2.75, 3.05) is 25.7 Å². The summed E-state index contributed by atoms with van der Waals surface area (Å²) in [5.74, 6) is 1.07. The zero-order valence-electron chi connectivity index (χ0n) is 16.5. The molecular weight excluding hydrogens is 370 g/mol. The summed E-state index contributed by atoms with van der Waals surface area (Å²) in [6, 6.07) is 12.5. The van der Waals surface area contributed by atoms with E-state index in [0.717, 1.165) is 28.6 Å². The Morgan fingerprint density at radius 3 is 2.69 bits per heavy atom. The third kappa shape index (κ3) is 3.69. The molecule has 3 aromatic rings. The Labute approximate surface area is 168 Å². The first-order valence-corrected chi connectivity index (χ1v) is 9.59. The fraction of sp³-hybridized carbons (Fsp3) is 0.273. The third-order valence-electron chi connectivity index (χ3n) is 5.33. The monoisotopic (exact) mass is 394 g/mol. The number of nitrogens with zero attached hydrogens (tertiary/aromatic N) is 1. The molecule has 1 aliphatic heterocycles. The number of imide groups is 1. The summed E-state index contributed by atoms with van der Waals surface area (Å²) in [7, 11) is 3.21. The van der Waals surface area contributed by atoms with Crippen molar-refractivity contribution < 1.29 is 24.4 Å². The predicted molar refractivity (Wildman–Crippen MR) is 109 cm³/mol. The molecule has 1 fully saturated rings. The number of aromatic nitrogens is 1. The lowest BCUT2D eigenvalue weighted by Crippen LogP contribution is -2.92. The van der Waals surface area contributed by atoms with Crippen LogP contribution >= 0.6 is 0 Å². The SMILES string of the molecule is COc1cccc(N2C(=O)C[C@@H]([NH2+]CCc3c[nH]c4ccc(OC)cc34)C2=O)c1. The normalized spacial score (nSPS) is 16.6. The van der Waals surface area contributed by atoms with Gasteiger partial charge in [-0.3, -0.25) is 9.59 Å². The van der Waals surface area contributed by atoms with E-state index in [4.69, 9.17) is 9.47 Å². The van der Waals surface area contributed by atoms with Gasteiger partial charge in [0.25, 0.3) is 5.91 Å². The van der Waals surface area contributed by atoms with Crippen LogP contribution in [0, 0.1) is 0 Å². The van der Waals surface area contributed by atoms with Gasteiger partial charge >= 0.3 is 0 Å². The molecule has 2 heterocycles. The van der Waals surface area contributed by atoms with Crippen LogP contribution in [0.15, 0.2) is 48.7 Å². The van der Waals surface area contributed by atoms with Gasteiger partial charge in [-0.05, 0) is 35.9 Å². The molecule has 1 saturated heterocycles. The standard InChI is InChI=1S/C22H23N3O4/c1-28-16-5-3-4-15(10-16)25-21(26)12-20(22(25)27)23-9-8-14-13-24-19-7-6-17(29-2)11-18(14)19/h3-7,10-11,13,20,23-24H,8-9,12H2,1-2H3/p+1/t20-/m1/s1. The van der Waals surface area contributed by atoms with E-state index in [-0.39, 0.29) is 18.2 Å². The highest BCUT2D eigenvalue weighted by atomic mass is 16.5. The number of rotatable bonds is 7. The molecule has 7 heteroatoms. The fourth-order valence-electron chi connectivity index (χ4n) is 3.79. The van der Waals surface area contributed by atoms with E-state index in [9.17, 15) is 9.59 Å². The molecule has 0 bridgehead atoms. The third-order valence-corrected chi connectivity index (χ3v) is 5.33. The average Bonchev–Trinajstić information content (AvgIpc) is 3.27. The van der Waals surface area contributed by atoms with Crippen LogP contribution in [-0.4, -0.2) is 43.6 Å². The number of nitrogens with one attached hydrogen (secondary N) is 1. The second kappa shape index (κ2) is 7.97. The van der Waals surface area contributed by atoms with Crippen LogP contribution < -0.4 is 19.7 Å². The van der Waals surface area contributed by atoms with Crippen molar-refractivity contribution in [2.45, 2.75) is 18.9 Å². The van der Waals surface area contributed by atoms with Gasteiger partial charge in [0.2, 0.25) is 5.91 Å². The van der Waals surface area contributed by atoms with E-state index in [2.05, 4.69) is 4.98 Å². The van der Waals surface area contributed by atoms with Crippen molar-refractivity contribution >= 4 is 28.4 Å². The molecule has 29 heavy (non-hydrogen) atoms. The maximum Gasteiger partial charge on any atom is 0.292 e. The quantitative estimate of drug-likeness (QED) is 0.596. The van der Waals surface area contributed by atoms with Crippen molar-refractivity contribution in [3.63, 3.8) is 0 Å². The lowest BCUT2D eigenvalue weighted by Gasteiger charge is -2.15. The first-order valence-electron chi connectivity index (χ1n) is 9.59. The zero-order chi connectivity index (χ0) is 20.4. The number of carbonyl (C=O) groups is 2. The van der Waals surface area contributed by atoms with E-state index >= 15 is 0 Å². The topological polar surface area (TPSA) is 88.2 Å². The van der Waals surface area contributed by atoms with Crippen LogP contribution in [0.4, 0.5) is 5.69 Å². The van der Waals surface area contributed by atoms with Gasteiger partial charge in [0.1, 0.15) is 11.5 Å². The van der Waals surface area contributed by atoms with Crippen LogP contribution in [-0.2, 0) is 16.0 Å². The number of benzene rings is 2. The first-order chi connectivity index (χ1) is 14.1. The molecule has 0 spiro atoms. The molecule has 4 rings (SSSR count). The molecule has 150 valence electrons. The molecule has 1 atom stereocenters. The van der Waals surface area contributed by atoms with Gasteiger partial charge in [-0.15, -0.1) is 0 Å². The van der Waals surface area contributed by atoms with Crippen molar-refractivity contribution in [2.24, 2.45) is 0 Å². The Morgan fingerprint density at radius 1 is 1.10 bits per heavy atom. The van der Waals surface area contributed by atoms with Gasteiger partial charge in [0.15, 0.2) is 6.04 Å². The van der Waals surface area contributed by atoms with Crippen molar-refractivity contribution in [1.82, 2.24) is 4.98 Å². The Hall–Kier alpha value is -3.32. The number of aromatic amines is 1. The van der Waals surface area contributed by atoms with Crippen LogP contribution in [0.25, 0.3) is 10.9 Å². The number of hydrogen-bond acceptors (Lipinski definition) is 4. The van der Waals surface area contributed by atoms with E-state index in [1.165, 1.54) is 4.90 Å². The van der Waals surface area contributed by atoms with Gasteiger partial charge in [-0.25, -0.2) is 4.90 Å². The fourth-order valence-corrected chi connectivity index (χ4v) is 3.79. The highest BCUT2D eigenvalue weighted by molar-refractivity contribution is 6.21. The molecular formula is C22H24N3O4+. The van der Waals surface area contributed by atoms with Crippen LogP contribution in [0.2, 0.25) is 0 Å². The average molecular weight is 394 g/mol. The molecule has 7 nitrogen and oxygen atoms in total. The minimum Gasteiger partial charge on any atom is -0.497 e. The van der Waals surface area contributed by atoms with Gasteiger partial charge in [-0.1, -0.05) is 6.07 Å². The van der Waals surface area contributed by atoms with E-state index in [1.807, 2.05) is 29.7 Å². The molecule has 0 unspecified atom stereocenters. The second-order valence-corrected chi connectivity index (χ2v) is 7.08. The smallest absolute Gasteiger partial charge is 0.292 e. The Bertz CT molecular complexity index is 1060. The number of methoxy groups -OCH3 is 2. The number of carbonyl (C=O) groups excluding carboxylic acids is 2. The number of quaternary nitrogens is 1. The Balaban J connectivity index is 1.42. The Kier molecular flexibility index (Phi) is 5.22. The van der Waals surface area contributed by atoms with Crippen LogP contribution in [0.3, 0.4) is 0 Å². The Morgan fingerprint density at radius 2 is 1.90 bits per heavy atom. The molecule has 3 N–H and O–H groups in total. The molecule has 1 aromatic heterocycles. The summed E-state index contributed by atoms with van der Waals surface area (Å²) in [6.45, 7) is 0.708. The number of amides is 2. The van der Waals surface area contributed by atoms with Crippen molar-refractivity contribution in [1.29, 1.82) is 0 Å². The number of anilines is 1. The summed E-state index contributed by atoms with van der Waals surface area (Å²) in [4.78, 5) is 29.8.